The third-order valence-electron chi connectivity index (χ3n) is 4.89. The Labute approximate surface area is 195 Å². The first-order chi connectivity index (χ1) is 16.0. The predicted molar refractivity (Wildman–Crippen MR) is 127 cm³/mol. The van der Waals surface area contributed by atoms with E-state index in [1.807, 2.05) is 6.07 Å². The Morgan fingerprint density at radius 1 is 1.24 bits per heavy atom. The van der Waals surface area contributed by atoms with Crippen molar-refractivity contribution in [3.63, 3.8) is 0 Å². The molecular weight excluding hydrogens is 440 g/mol. The fourth-order valence-corrected chi connectivity index (χ4v) is 3.74. The van der Waals surface area contributed by atoms with Gasteiger partial charge in [0.25, 0.3) is 0 Å². The zero-order chi connectivity index (χ0) is 23.2. The molecule has 0 radical (unpaired) electrons. The van der Waals surface area contributed by atoms with Crippen molar-refractivity contribution in [3.05, 3.63) is 54.1 Å². The molecule has 1 aliphatic rings. The quantitative estimate of drug-likeness (QED) is 0.510. The SMILES string of the molecule is C=CC(=O)Nc1ccc(Oc2nc(Nc3ncc(C#N)s3)cc(N3CCN(C)CC3)n2)cc1. The highest BCUT2D eigenvalue weighted by molar-refractivity contribution is 7.16. The van der Waals surface area contributed by atoms with Gasteiger partial charge in [0.05, 0.1) is 6.20 Å². The number of hydrogen-bond donors (Lipinski definition) is 2. The molecule has 3 aromatic rings. The summed E-state index contributed by atoms with van der Waals surface area (Å²) in [4.78, 5) is 29.7. The molecule has 1 saturated heterocycles. The lowest BCUT2D eigenvalue weighted by Gasteiger charge is -2.33. The number of anilines is 4. The number of likely N-dealkylation sites (N-methyl/N-ethyl adjacent to an activating group) is 1. The van der Waals surface area contributed by atoms with Crippen LogP contribution in [0.1, 0.15) is 4.88 Å². The fourth-order valence-electron chi connectivity index (χ4n) is 3.12. The van der Waals surface area contributed by atoms with E-state index in [-0.39, 0.29) is 11.9 Å². The Hall–Kier alpha value is -4.01. The van der Waals surface area contributed by atoms with Gasteiger partial charge in [-0.05, 0) is 37.4 Å². The van der Waals surface area contributed by atoms with Crippen LogP contribution in [0.3, 0.4) is 0 Å². The van der Waals surface area contributed by atoms with Crippen LogP contribution in [0.2, 0.25) is 0 Å². The zero-order valence-electron chi connectivity index (χ0n) is 18.0. The maximum atomic E-state index is 11.5. The van der Waals surface area contributed by atoms with E-state index < -0.39 is 0 Å². The highest BCUT2D eigenvalue weighted by Crippen LogP contribution is 2.28. The molecule has 1 fully saturated rings. The van der Waals surface area contributed by atoms with Gasteiger partial charge in [0.2, 0.25) is 5.91 Å². The van der Waals surface area contributed by atoms with Gasteiger partial charge in [-0.25, -0.2) is 4.98 Å². The number of benzene rings is 1. The van der Waals surface area contributed by atoms with Crippen LogP contribution in [0.4, 0.5) is 22.5 Å². The Bertz CT molecular complexity index is 1180. The number of hydrogen-bond acceptors (Lipinski definition) is 10. The average Bonchev–Trinajstić information content (AvgIpc) is 3.28. The summed E-state index contributed by atoms with van der Waals surface area (Å²) in [6, 6.07) is 11.0. The van der Waals surface area contributed by atoms with Crippen molar-refractivity contribution in [3.8, 4) is 17.8 Å². The highest BCUT2D eigenvalue weighted by Gasteiger charge is 2.18. The van der Waals surface area contributed by atoms with Crippen molar-refractivity contribution in [2.45, 2.75) is 0 Å². The fraction of sp³-hybridized carbons (Fsp3) is 0.227. The van der Waals surface area contributed by atoms with E-state index in [0.717, 1.165) is 32.0 Å². The molecule has 0 saturated carbocycles. The van der Waals surface area contributed by atoms with Gasteiger partial charge in [-0.1, -0.05) is 17.9 Å². The average molecular weight is 463 g/mol. The summed E-state index contributed by atoms with van der Waals surface area (Å²) in [6.45, 7) is 6.97. The molecule has 4 rings (SSSR count). The number of ether oxygens (including phenoxy) is 1. The lowest BCUT2D eigenvalue weighted by atomic mass is 10.3. The first-order valence-electron chi connectivity index (χ1n) is 10.2. The number of nitriles is 1. The van der Waals surface area contributed by atoms with Gasteiger partial charge in [0.15, 0.2) is 5.13 Å². The number of carbonyl (C=O) groups is 1. The lowest BCUT2D eigenvalue weighted by Crippen LogP contribution is -2.44. The van der Waals surface area contributed by atoms with Crippen LogP contribution in [-0.2, 0) is 4.79 Å². The molecule has 2 N–H and O–H groups in total. The molecule has 1 amide bonds. The molecule has 0 spiro atoms. The van der Waals surface area contributed by atoms with E-state index in [2.05, 4.69) is 55.1 Å². The number of nitrogens with zero attached hydrogens (tertiary/aromatic N) is 6. The third kappa shape index (κ3) is 5.82. The van der Waals surface area contributed by atoms with Crippen molar-refractivity contribution in [1.29, 1.82) is 5.26 Å². The van der Waals surface area contributed by atoms with Crippen LogP contribution in [0.25, 0.3) is 0 Å². The van der Waals surface area contributed by atoms with Gasteiger partial charge in [0, 0.05) is 37.9 Å². The van der Waals surface area contributed by atoms with Crippen molar-refractivity contribution < 1.29 is 9.53 Å². The van der Waals surface area contributed by atoms with Gasteiger partial charge in [-0.2, -0.15) is 15.2 Å². The normalized spacial score (nSPS) is 13.8. The molecule has 168 valence electrons. The monoisotopic (exact) mass is 462 g/mol. The van der Waals surface area contributed by atoms with Crippen molar-refractivity contribution in [2.24, 2.45) is 0 Å². The summed E-state index contributed by atoms with van der Waals surface area (Å²) >= 11 is 1.24. The number of aromatic nitrogens is 3. The molecule has 33 heavy (non-hydrogen) atoms. The van der Waals surface area contributed by atoms with Crippen LogP contribution in [0.15, 0.2) is 49.2 Å². The Morgan fingerprint density at radius 2 is 2.00 bits per heavy atom. The maximum Gasteiger partial charge on any atom is 0.325 e. The van der Waals surface area contributed by atoms with E-state index in [0.29, 0.717) is 27.3 Å². The summed E-state index contributed by atoms with van der Waals surface area (Å²) in [5.41, 5.74) is 0.624. The van der Waals surface area contributed by atoms with Crippen molar-refractivity contribution in [1.82, 2.24) is 19.9 Å². The van der Waals surface area contributed by atoms with Crippen LogP contribution in [-0.4, -0.2) is 59.0 Å². The minimum atomic E-state index is -0.288. The number of thiazole rings is 1. The largest absolute Gasteiger partial charge is 0.424 e. The summed E-state index contributed by atoms with van der Waals surface area (Å²) in [5.74, 6) is 1.49. The summed E-state index contributed by atoms with van der Waals surface area (Å²) in [5, 5.41) is 15.4. The van der Waals surface area contributed by atoms with Gasteiger partial charge in [-0.15, -0.1) is 0 Å². The van der Waals surface area contributed by atoms with Gasteiger partial charge in [-0.3, -0.25) is 4.79 Å². The van der Waals surface area contributed by atoms with Crippen LogP contribution in [0, 0.1) is 11.3 Å². The topological polar surface area (TPSA) is 119 Å². The number of amides is 1. The van der Waals surface area contributed by atoms with Crippen LogP contribution < -0.4 is 20.3 Å². The minimum absolute atomic E-state index is 0.175. The van der Waals surface area contributed by atoms with Gasteiger partial charge < -0.3 is 25.2 Å². The van der Waals surface area contributed by atoms with E-state index in [9.17, 15) is 4.79 Å². The first-order valence-corrected chi connectivity index (χ1v) is 11.0. The Morgan fingerprint density at radius 3 is 2.67 bits per heavy atom. The second-order valence-corrected chi connectivity index (χ2v) is 8.30. The molecule has 11 heteroatoms. The molecule has 0 aliphatic carbocycles. The molecule has 0 bridgehead atoms. The summed E-state index contributed by atoms with van der Waals surface area (Å²) < 4.78 is 5.92. The molecule has 0 atom stereocenters. The molecule has 0 unspecified atom stereocenters. The van der Waals surface area contributed by atoms with Crippen LogP contribution in [0.5, 0.6) is 11.8 Å². The van der Waals surface area contributed by atoms with E-state index in [1.54, 1.807) is 24.3 Å². The third-order valence-corrected chi connectivity index (χ3v) is 5.70. The van der Waals surface area contributed by atoms with E-state index in [4.69, 9.17) is 10.00 Å². The van der Waals surface area contributed by atoms with Crippen LogP contribution >= 0.6 is 11.3 Å². The standard InChI is InChI=1S/C22H22N8O2S/c1-3-20(31)25-15-4-6-16(7-5-15)32-21-26-18(27-22-24-14-17(13-23)33-22)12-19(28-21)30-10-8-29(2)9-11-30/h3-7,12,14H,1,8-11H2,2H3,(H,25,31)(H,24,26,27,28). The minimum Gasteiger partial charge on any atom is -0.424 e. The lowest BCUT2D eigenvalue weighted by molar-refractivity contribution is -0.111. The molecule has 3 heterocycles. The van der Waals surface area contributed by atoms with Gasteiger partial charge in [0.1, 0.15) is 28.3 Å². The predicted octanol–water partition coefficient (Wildman–Crippen LogP) is 3.22. The van der Waals surface area contributed by atoms with E-state index >= 15 is 0 Å². The maximum absolute atomic E-state index is 11.5. The van der Waals surface area contributed by atoms with Crippen molar-refractivity contribution in [2.75, 3.05) is 48.8 Å². The molecular formula is C22H22N8O2S. The van der Waals surface area contributed by atoms with Crippen molar-refractivity contribution >= 4 is 39.7 Å². The highest BCUT2D eigenvalue weighted by atomic mass is 32.1. The molecule has 1 aliphatic heterocycles. The Kier molecular flexibility index (Phi) is 6.77. The number of nitrogens with one attached hydrogen (secondary N) is 2. The second kappa shape index (κ2) is 10.1. The van der Waals surface area contributed by atoms with Gasteiger partial charge >= 0.3 is 6.01 Å². The smallest absolute Gasteiger partial charge is 0.325 e. The molecule has 2 aromatic heterocycles. The molecule has 1 aromatic carbocycles. The number of piperazine rings is 1. The number of rotatable bonds is 7. The summed E-state index contributed by atoms with van der Waals surface area (Å²) in [7, 11) is 2.09. The first kappa shape index (κ1) is 22.2. The second-order valence-electron chi connectivity index (χ2n) is 7.27. The zero-order valence-corrected chi connectivity index (χ0v) is 18.8. The number of carbonyl (C=O) groups excluding carboxylic acids is 1. The van der Waals surface area contributed by atoms with E-state index in [1.165, 1.54) is 23.6 Å². The molecule has 10 nitrogen and oxygen atoms in total. The summed E-state index contributed by atoms with van der Waals surface area (Å²) in [6.07, 6.45) is 2.72. The Balaban J connectivity index is 1.57.